The number of alkyl halides is 3. The standard InChI is InChI=1S/C27H31F3N2O4/c1-16-10-18(15-26(2,3)14-16)32-22-13-23(34-4)20(25(33)35-5)12-21(22)31-24(32)11-17-6-8-19(9-7-17)36-27(28,29)30/h6-9,12-13,16,18H,10-11,14-15H2,1-5H3/t16?,18-/m1/s1. The van der Waals surface area contributed by atoms with Crippen molar-refractivity contribution in [3.8, 4) is 11.5 Å². The van der Waals surface area contributed by atoms with Crippen molar-refractivity contribution in [2.45, 2.75) is 58.9 Å². The largest absolute Gasteiger partial charge is 0.573 e. The fraction of sp³-hybridized carbons (Fsp3) is 0.481. The first-order chi connectivity index (χ1) is 16.9. The number of carbonyl (C=O) groups is 1. The van der Waals surface area contributed by atoms with E-state index in [0.29, 0.717) is 23.6 Å². The molecule has 2 atom stereocenters. The summed E-state index contributed by atoms with van der Waals surface area (Å²) in [6, 6.07) is 9.50. The van der Waals surface area contributed by atoms with Crippen LogP contribution in [0.1, 0.15) is 67.8 Å². The van der Waals surface area contributed by atoms with Crippen LogP contribution in [0.25, 0.3) is 11.0 Å². The van der Waals surface area contributed by atoms with E-state index in [9.17, 15) is 18.0 Å². The minimum Gasteiger partial charge on any atom is -0.496 e. The van der Waals surface area contributed by atoms with E-state index in [1.807, 2.05) is 6.07 Å². The lowest BCUT2D eigenvalue weighted by atomic mass is 9.70. The van der Waals surface area contributed by atoms with Gasteiger partial charge in [0.2, 0.25) is 0 Å². The van der Waals surface area contributed by atoms with Gasteiger partial charge in [-0.05, 0) is 54.4 Å². The highest BCUT2D eigenvalue weighted by Gasteiger charge is 2.35. The van der Waals surface area contributed by atoms with E-state index in [1.54, 1.807) is 18.2 Å². The van der Waals surface area contributed by atoms with Crippen molar-refractivity contribution in [3.05, 3.63) is 53.3 Å². The molecule has 194 valence electrons. The van der Waals surface area contributed by atoms with Gasteiger partial charge in [0, 0.05) is 18.5 Å². The lowest BCUT2D eigenvalue weighted by molar-refractivity contribution is -0.274. The molecule has 2 aromatic carbocycles. The lowest BCUT2D eigenvalue weighted by Gasteiger charge is -2.40. The number of imidazole rings is 1. The molecular weight excluding hydrogens is 473 g/mol. The number of aromatic nitrogens is 2. The molecule has 0 amide bonds. The van der Waals surface area contributed by atoms with Crippen molar-refractivity contribution in [2.75, 3.05) is 14.2 Å². The second-order valence-corrected chi connectivity index (χ2v) is 10.4. The zero-order valence-corrected chi connectivity index (χ0v) is 21.1. The SMILES string of the molecule is COC(=O)c1cc2nc(Cc3ccc(OC(F)(F)F)cc3)n([C@@H]3CC(C)CC(C)(C)C3)c2cc1OC. The zero-order chi connectivity index (χ0) is 26.3. The number of esters is 1. The van der Waals surface area contributed by atoms with Gasteiger partial charge in [0.15, 0.2) is 0 Å². The van der Waals surface area contributed by atoms with Gasteiger partial charge < -0.3 is 18.8 Å². The van der Waals surface area contributed by atoms with Crippen LogP contribution in [0, 0.1) is 11.3 Å². The number of hydrogen-bond acceptors (Lipinski definition) is 5. The molecule has 1 fully saturated rings. The van der Waals surface area contributed by atoms with Gasteiger partial charge in [-0.15, -0.1) is 13.2 Å². The van der Waals surface area contributed by atoms with Gasteiger partial charge in [-0.3, -0.25) is 0 Å². The second kappa shape index (κ2) is 9.67. The van der Waals surface area contributed by atoms with Crippen molar-refractivity contribution in [1.82, 2.24) is 9.55 Å². The van der Waals surface area contributed by atoms with Crippen LogP contribution in [0.5, 0.6) is 11.5 Å². The summed E-state index contributed by atoms with van der Waals surface area (Å²) in [5, 5.41) is 0. The molecule has 1 aliphatic rings. The van der Waals surface area contributed by atoms with Crippen LogP contribution in [-0.2, 0) is 11.2 Å². The molecule has 9 heteroatoms. The summed E-state index contributed by atoms with van der Waals surface area (Å²) in [4.78, 5) is 17.2. The Labute approximate surface area is 208 Å². The van der Waals surface area contributed by atoms with Crippen LogP contribution in [0.2, 0.25) is 0 Å². The number of hydrogen-bond donors (Lipinski definition) is 0. The zero-order valence-electron chi connectivity index (χ0n) is 21.1. The molecule has 1 saturated carbocycles. The van der Waals surface area contributed by atoms with E-state index in [1.165, 1.54) is 26.4 Å². The van der Waals surface area contributed by atoms with Crippen molar-refractivity contribution in [3.63, 3.8) is 0 Å². The maximum absolute atomic E-state index is 12.6. The molecule has 6 nitrogen and oxygen atoms in total. The molecule has 0 N–H and O–H groups in total. The maximum Gasteiger partial charge on any atom is 0.573 e. The number of ether oxygens (including phenoxy) is 3. The van der Waals surface area contributed by atoms with Crippen LogP contribution >= 0.6 is 0 Å². The molecular formula is C27H31F3N2O4. The fourth-order valence-corrected chi connectivity index (χ4v) is 5.63. The highest BCUT2D eigenvalue weighted by atomic mass is 19.4. The van der Waals surface area contributed by atoms with E-state index >= 15 is 0 Å². The lowest BCUT2D eigenvalue weighted by Crippen LogP contribution is -2.30. The van der Waals surface area contributed by atoms with Crippen LogP contribution in [0.3, 0.4) is 0 Å². The molecule has 0 spiro atoms. The van der Waals surface area contributed by atoms with Gasteiger partial charge in [0.1, 0.15) is 22.9 Å². The average molecular weight is 505 g/mol. The summed E-state index contributed by atoms with van der Waals surface area (Å²) >= 11 is 0. The number of methoxy groups -OCH3 is 2. The quantitative estimate of drug-likeness (QED) is 0.349. The molecule has 4 rings (SSSR count). The normalized spacial score (nSPS) is 19.8. The third-order valence-electron chi connectivity index (χ3n) is 6.74. The topological polar surface area (TPSA) is 62.6 Å². The molecule has 0 aliphatic heterocycles. The summed E-state index contributed by atoms with van der Waals surface area (Å²) in [5.41, 5.74) is 2.71. The number of carbonyl (C=O) groups excluding carboxylic acids is 1. The summed E-state index contributed by atoms with van der Waals surface area (Å²) in [6.07, 6.45) is -1.28. The Kier molecular flexibility index (Phi) is 6.94. The number of halogens is 3. The van der Waals surface area contributed by atoms with E-state index in [0.717, 1.165) is 36.2 Å². The number of benzene rings is 2. The minimum atomic E-state index is -4.74. The van der Waals surface area contributed by atoms with E-state index < -0.39 is 12.3 Å². The maximum atomic E-state index is 12.6. The minimum absolute atomic E-state index is 0.142. The number of nitrogens with zero attached hydrogens (tertiary/aromatic N) is 2. The third kappa shape index (κ3) is 5.60. The van der Waals surface area contributed by atoms with Gasteiger partial charge >= 0.3 is 12.3 Å². The number of rotatable bonds is 6. The van der Waals surface area contributed by atoms with Crippen LogP contribution in [-0.4, -0.2) is 36.1 Å². The van der Waals surface area contributed by atoms with E-state index in [4.69, 9.17) is 14.5 Å². The van der Waals surface area contributed by atoms with Gasteiger partial charge in [0.05, 0.1) is 25.3 Å². The summed E-state index contributed by atoms with van der Waals surface area (Å²) in [5.74, 6) is 0.902. The van der Waals surface area contributed by atoms with Crippen molar-refractivity contribution in [1.29, 1.82) is 0 Å². The average Bonchev–Trinajstić information content (AvgIpc) is 3.13. The Bertz CT molecular complexity index is 1250. The first-order valence-electron chi connectivity index (χ1n) is 11.9. The first-order valence-corrected chi connectivity index (χ1v) is 11.9. The van der Waals surface area contributed by atoms with Gasteiger partial charge in [-0.25, -0.2) is 9.78 Å². The van der Waals surface area contributed by atoms with E-state index in [2.05, 4.69) is 30.1 Å². The Balaban J connectivity index is 1.80. The van der Waals surface area contributed by atoms with Crippen molar-refractivity contribution in [2.24, 2.45) is 11.3 Å². The molecule has 36 heavy (non-hydrogen) atoms. The summed E-state index contributed by atoms with van der Waals surface area (Å²) < 4.78 is 54.3. The van der Waals surface area contributed by atoms with Crippen LogP contribution < -0.4 is 9.47 Å². The van der Waals surface area contributed by atoms with Gasteiger partial charge in [0.25, 0.3) is 0 Å². The summed E-state index contributed by atoms with van der Waals surface area (Å²) in [6.45, 7) is 6.79. The highest BCUT2D eigenvalue weighted by Crippen LogP contribution is 2.45. The van der Waals surface area contributed by atoms with Crippen molar-refractivity contribution < 1.29 is 32.2 Å². The van der Waals surface area contributed by atoms with Gasteiger partial charge in [-0.1, -0.05) is 32.9 Å². The second-order valence-electron chi connectivity index (χ2n) is 10.4. The highest BCUT2D eigenvalue weighted by molar-refractivity contribution is 5.97. The number of fused-ring (bicyclic) bond motifs is 1. The molecule has 0 radical (unpaired) electrons. The predicted molar refractivity (Wildman–Crippen MR) is 129 cm³/mol. The monoisotopic (exact) mass is 504 g/mol. The predicted octanol–water partition coefficient (Wildman–Crippen LogP) is 6.71. The molecule has 0 saturated heterocycles. The Morgan fingerprint density at radius 1 is 1.14 bits per heavy atom. The summed E-state index contributed by atoms with van der Waals surface area (Å²) in [7, 11) is 2.82. The Morgan fingerprint density at radius 3 is 2.42 bits per heavy atom. The smallest absolute Gasteiger partial charge is 0.496 e. The van der Waals surface area contributed by atoms with Crippen LogP contribution in [0.4, 0.5) is 13.2 Å². The molecule has 1 unspecified atom stereocenters. The molecule has 1 aliphatic carbocycles. The van der Waals surface area contributed by atoms with Crippen LogP contribution in [0.15, 0.2) is 36.4 Å². The molecule has 1 heterocycles. The Morgan fingerprint density at radius 2 is 1.83 bits per heavy atom. The van der Waals surface area contributed by atoms with E-state index in [-0.39, 0.29) is 22.8 Å². The fourth-order valence-electron chi connectivity index (χ4n) is 5.63. The molecule has 3 aromatic rings. The third-order valence-corrected chi connectivity index (χ3v) is 6.74. The first kappa shape index (κ1) is 25.9. The molecule has 0 bridgehead atoms. The van der Waals surface area contributed by atoms with Gasteiger partial charge in [-0.2, -0.15) is 0 Å². The molecule has 1 aromatic heterocycles. The van der Waals surface area contributed by atoms with Crippen molar-refractivity contribution >= 4 is 17.0 Å². The Hall–Kier alpha value is -3.23.